The molecule has 0 aliphatic carbocycles. The van der Waals surface area contributed by atoms with E-state index >= 15 is 0 Å². The largest absolute Gasteiger partial charge is 0.369 e. The van der Waals surface area contributed by atoms with Gasteiger partial charge in [-0.05, 0) is 31.2 Å². The van der Waals surface area contributed by atoms with E-state index in [0.29, 0.717) is 5.95 Å². The maximum absolute atomic E-state index is 5.89. The van der Waals surface area contributed by atoms with Crippen LogP contribution in [0, 0.1) is 0 Å². The maximum Gasteiger partial charge on any atom is 0.201 e. The van der Waals surface area contributed by atoms with Crippen molar-refractivity contribution < 1.29 is 0 Å². The Morgan fingerprint density at radius 1 is 1.31 bits per heavy atom. The second kappa shape index (κ2) is 3.20. The topological polar surface area (TPSA) is 56.7 Å². The van der Waals surface area contributed by atoms with Crippen molar-refractivity contribution in [2.24, 2.45) is 0 Å². The van der Waals surface area contributed by atoms with Crippen molar-refractivity contribution in [2.45, 2.75) is 13.5 Å². The molecule has 0 bridgehead atoms. The fourth-order valence-corrected chi connectivity index (χ4v) is 2.09. The number of pyridine rings is 1. The van der Waals surface area contributed by atoms with Gasteiger partial charge in [0.05, 0.1) is 11.0 Å². The minimum absolute atomic E-state index is 0.564. The molecule has 0 fully saturated rings. The minimum atomic E-state index is 0.564. The average molecular weight is 212 g/mol. The van der Waals surface area contributed by atoms with Crippen molar-refractivity contribution in [3.05, 3.63) is 30.5 Å². The number of aryl methyl sites for hydroxylation is 1. The molecule has 0 aliphatic heterocycles. The molecule has 80 valence electrons. The maximum atomic E-state index is 5.89. The highest BCUT2D eigenvalue weighted by Crippen LogP contribution is 2.25. The zero-order valence-corrected chi connectivity index (χ0v) is 9.01. The Bertz CT molecular complexity index is 669. The smallest absolute Gasteiger partial charge is 0.201 e. The monoisotopic (exact) mass is 212 g/mol. The number of benzene rings is 1. The van der Waals surface area contributed by atoms with Gasteiger partial charge in [0.2, 0.25) is 5.95 Å². The first-order valence-electron chi connectivity index (χ1n) is 5.30. The summed E-state index contributed by atoms with van der Waals surface area (Å²) in [6.07, 6.45) is 1.79. The predicted octanol–water partition coefficient (Wildman–Crippen LogP) is 2.19. The SMILES string of the molecule is CCn1c(N)nc2c3cccnc3ccc21. The van der Waals surface area contributed by atoms with Crippen LogP contribution in [-0.2, 0) is 6.54 Å². The third kappa shape index (κ3) is 1.10. The van der Waals surface area contributed by atoms with Gasteiger partial charge in [0, 0.05) is 18.1 Å². The molecule has 4 heteroatoms. The number of hydrogen-bond acceptors (Lipinski definition) is 3. The van der Waals surface area contributed by atoms with Crippen LogP contribution in [0.15, 0.2) is 30.5 Å². The summed E-state index contributed by atoms with van der Waals surface area (Å²) >= 11 is 0. The molecule has 2 aromatic heterocycles. The van der Waals surface area contributed by atoms with Gasteiger partial charge in [-0.3, -0.25) is 4.98 Å². The lowest BCUT2D eigenvalue weighted by Gasteiger charge is -2.01. The Labute approximate surface area is 92.7 Å². The van der Waals surface area contributed by atoms with Gasteiger partial charge in [-0.15, -0.1) is 0 Å². The van der Waals surface area contributed by atoms with Crippen molar-refractivity contribution >= 4 is 27.9 Å². The molecule has 0 atom stereocenters. The van der Waals surface area contributed by atoms with E-state index in [-0.39, 0.29) is 0 Å². The molecule has 1 aromatic carbocycles. The van der Waals surface area contributed by atoms with Crippen LogP contribution in [0.2, 0.25) is 0 Å². The highest BCUT2D eigenvalue weighted by atomic mass is 15.1. The predicted molar refractivity (Wildman–Crippen MR) is 65.1 cm³/mol. The number of anilines is 1. The van der Waals surface area contributed by atoms with E-state index in [0.717, 1.165) is 28.5 Å². The second-order valence-electron chi connectivity index (χ2n) is 3.72. The number of hydrogen-bond donors (Lipinski definition) is 1. The minimum Gasteiger partial charge on any atom is -0.369 e. The molecule has 2 heterocycles. The summed E-state index contributed by atoms with van der Waals surface area (Å²) in [6, 6.07) is 7.97. The first kappa shape index (κ1) is 9.15. The number of nitrogens with zero attached hydrogens (tertiary/aromatic N) is 3. The number of nitrogens with two attached hydrogens (primary N) is 1. The van der Waals surface area contributed by atoms with Crippen LogP contribution in [-0.4, -0.2) is 14.5 Å². The molecule has 0 spiro atoms. The fourth-order valence-electron chi connectivity index (χ4n) is 2.09. The van der Waals surface area contributed by atoms with Crippen molar-refractivity contribution in [3.63, 3.8) is 0 Å². The van der Waals surface area contributed by atoms with Gasteiger partial charge in [-0.1, -0.05) is 0 Å². The van der Waals surface area contributed by atoms with Crippen LogP contribution in [0.4, 0.5) is 5.95 Å². The van der Waals surface area contributed by atoms with E-state index in [1.54, 1.807) is 6.20 Å². The van der Waals surface area contributed by atoms with Crippen LogP contribution < -0.4 is 5.73 Å². The summed E-state index contributed by atoms with van der Waals surface area (Å²) in [5.41, 5.74) is 8.85. The summed E-state index contributed by atoms with van der Waals surface area (Å²) < 4.78 is 2.00. The molecule has 0 unspecified atom stereocenters. The number of rotatable bonds is 1. The Hall–Kier alpha value is -2.10. The molecular weight excluding hydrogens is 200 g/mol. The lowest BCUT2D eigenvalue weighted by atomic mass is 10.2. The molecule has 4 nitrogen and oxygen atoms in total. The van der Waals surface area contributed by atoms with Gasteiger partial charge in [-0.2, -0.15) is 0 Å². The zero-order chi connectivity index (χ0) is 11.1. The van der Waals surface area contributed by atoms with E-state index in [2.05, 4.69) is 16.9 Å². The summed E-state index contributed by atoms with van der Waals surface area (Å²) in [5.74, 6) is 0.564. The molecule has 3 rings (SSSR count). The van der Waals surface area contributed by atoms with Crippen molar-refractivity contribution in [2.75, 3.05) is 5.73 Å². The van der Waals surface area contributed by atoms with Crippen LogP contribution >= 0.6 is 0 Å². The van der Waals surface area contributed by atoms with Gasteiger partial charge in [0.25, 0.3) is 0 Å². The van der Waals surface area contributed by atoms with Crippen molar-refractivity contribution in [1.29, 1.82) is 0 Å². The van der Waals surface area contributed by atoms with E-state index in [9.17, 15) is 0 Å². The van der Waals surface area contributed by atoms with Crippen LogP contribution in [0.3, 0.4) is 0 Å². The van der Waals surface area contributed by atoms with Crippen LogP contribution in [0.1, 0.15) is 6.92 Å². The third-order valence-corrected chi connectivity index (χ3v) is 2.85. The number of aromatic nitrogens is 3. The number of imidazole rings is 1. The molecule has 0 amide bonds. The lowest BCUT2D eigenvalue weighted by Crippen LogP contribution is -2.00. The van der Waals surface area contributed by atoms with Gasteiger partial charge in [0.1, 0.15) is 5.52 Å². The molecule has 0 radical (unpaired) electrons. The normalized spacial score (nSPS) is 11.3. The fraction of sp³-hybridized carbons (Fsp3) is 0.167. The first-order chi connectivity index (χ1) is 7.81. The van der Waals surface area contributed by atoms with Gasteiger partial charge in [0.15, 0.2) is 0 Å². The van der Waals surface area contributed by atoms with E-state index < -0.39 is 0 Å². The van der Waals surface area contributed by atoms with E-state index in [1.807, 2.05) is 28.8 Å². The van der Waals surface area contributed by atoms with E-state index in [1.165, 1.54) is 0 Å². The molecule has 3 aromatic rings. The van der Waals surface area contributed by atoms with Crippen molar-refractivity contribution in [1.82, 2.24) is 14.5 Å². The van der Waals surface area contributed by atoms with E-state index in [4.69, 9.17) is 5.73 Å². The Morgan fingerprint density at radius 2 is 2.19 bits per heavy atom. The van der Waals surface area contributed by atoms with Crippen LogP contribution in [0.25, 0.3) is 21.9 Å². The molecule has 0 aliphatic rings. The van der Waals surface area contributed by atoms with Gasteiger partial charge >= 0.3 is 0 Å². The molecule has 0 saturated heterocycles. The number of nitrogen functional groups attached to an aromatic ring is 1. The summed E-state index contributed by atoms with van der Waals surface area (Å²) in [5, 5.41) is 1.05. The molecule has 0 saturated carbocycles. The number of fused-ring (bicyclic) bond motifs is 3. The Kier molecular flexibility index (Phi) is 1.83. The lowest BCUT2D eigenvalue weighted by molar-refractivity contribution is 0.800. The average Bonchev–Trinajstić information content (AvgIpc) is 2.65. The first-order valence-corrected chi connectivity index (χ1v) is 5.30. The highest BCUT2D eigenvalue weighted by molar-refractivity contribution is 6.03. The van der Waals surface area contributed by atoms with Crippen molar-refractivity contribution in [3.8, 4) is 0 Å². The highest BCUT2D eigenvalue weighted by Gasteiger charge is 2.09. The van der Waals surface area contributed by atoms with Gasteiger partial charge < -0.3 is 10.3 Å². The Balaban J connectivity index is 2.52. The molecule has 2 N–H and O–H groups in total. The second-order valence-corrected chi connectivity index (χ2v) is 3.72. The summed E-state index contributed by atoms with van der Waals surface area (Å²) in [6.45, 7) is 2.89. The Morgan fingerprint density at radius 3 is 3.00 bits per heavy atom. The summed E-state index contributed by atoms with van der Waals surface area (Å²) in [7, 11) is 0. The van der Waals surface area contributed by atoms with Crippen LogP contribution in [0.5, 0.6) is 0 Å². The quantitative estimate of drug-likeness (QED) is 0.672. The summed E-state index contributed by atoms with van der Waals surface area (Å²) in [4.78, 5) is 8.72. The third-order valence-electron chi connectivity index (χ3n) is 2.85. The standard InChI is InChI=1S/C12H12N4/c1-2-16-10-6-5-9-8(4-3-7-14-9)11(10)15-12(16)13/h3-7H,2H2,1H3,(H2,13,15). The van der Waals surface area contributed by atoms with Gasteiger partial charge in [-0.25, -0.2) is 4.98 Å². The molecule has 16 heavy (non-hydrogen) atoms. The molecular formula is C12H12N4. The zero-order valence-electron chi connectivity index (χ0n) is 9.01.